The summed E-state index contributed by atoms with van der Waals surface area (Å²) in [7, 11) is 0. The Hall–Kier alpha value is -1.31. The molecule has 0 heterocycles. The largest absolute Gasteiger partial charge is 0.325 e. The molecule has 1 N–H and O–H groups in total. The van der Waals surface area contributed by atoms with Gasteiger partial charge in [0.05, 0.1) is 0 Å². The summed E-state index contributed by atoms with van der Waals surface area (Å²) in [5.41, 5.74) is 6.98. The number of aryl methyl sites for hydroxylation is 2. The number of carbonyl (C=O) groups excluding carboxylic acids is 1. The molecule has 18 heavy (non-hydrogen) atoms. The fraction of sp³-hybridized carbons (Fsp3) is 0.562. The molecule has 2 aliphatic rings. The Morgan fingerprint density at radius 3 is 2.11 bits per heavy atom. The molecule has 2 nitrogen and oxygen atoms in total. The van der Waals surface area contributed by atoms with Crippen LogP contribution in [0.25, 0.3) is 0 Å². The summed E-state index contributed by atoms with van der Waals surface area (Å²) in [5.74, 6) is 0.212. The summed E-state index contributed by atoms with van der Waals surface area (Å²) >= 11 is 0. The zero-order valence-electron chi connectivity index (χ0n) is 11.3. The standard InChI is InChI=1S/C16H21NO/c1-10(2)16(18)17-15-13-7-3-5-11(13)9-12-6-4-8-14(12)15/h9-10H,3-8H2,1-2H3,(H,17,18). The Labute approximate surface area is 109 Å². The molecule has 0 saturated heterocycles. The van der Waals surface area contributed by atoms with Crippen LogP contribution in [-0.2, 0) is 30.5 Å². The molecule has 96 valence electrons. The number of rotatable bonds is 2. The maximum Gasteiger partial charge on any atom is 0.226 e. The highest BCUT2D eigenvalue weighted by atomic mass is 16.1. The predicted octanol–water partition coefficient (Wildman–Crippen LogP) is 3.26. The van der Waals surface area contributed by atoms with E-state index in [2.05, 4.69) is 11.4 Å². The van der Waals surface area contributed by atoms with Crippen molar-refractivity contribution in [1.29, 1.82) is 0 Å². The van der Waals surface area contributed by atoms with Crippen LogP contribution in [0.2, 0.25) is 0 Å². The summed E-state index contributed by atoms with van der Waals surface area (Å²) in [6.45, 7) is 3.91. The van der Waals surface area contributed by atoms with Crippen molar-refractivity contribution in [3.05, 3.63) is 28.3 Å². The van der Waals surface area contributed by atoms with E-state index in [1.54, 1.807) is 0 Å². The van der Waals surface area contributed by atoms with E-state index in [-0.39, 0.29) is 11.8 Å². The number of hydrogen-bond acceptors (Lipinski definition) is 1. The first-order valence-corrected chi connectivity index (χ1v) is 7.14. The van der Waals surface area contributed by atoms with Gasteiger partial charge in [0, 0.05) is 11.6 Å². The number of amides is 1. The van der Waals surface area contributed by atoms with Gasteiger partial charge in [0.15, 0.2) is 0 Å². The molecule has 1 aromatic rings. The molecule has 0 atom stereocenters. The van der Waals surface area contributed by atoms with Crippen LogP contribution < -0.4 is 5.32 Å². The lowest BCUT2D eigenvalue weighted by molar-refractivity contribution is -0.118. The number of fused-ring (bicyclic) bond motifs is 2. The van der Waals surface area contributed by atoms with Crippen molar-refractivity contribution < 1.29 is 4.79 Å². The molecule has 0 fully saturated rings. The minimum Gasteiger partial charge on any atom is -0.325 e. The van der Waals surface area contributed by atoms with Crippen molar-refractivity contribution in [1.82, 2.24) is 0 Å². The topological polar surface area (TPSA) is 29.1 Å². The van der Waals surface area contributed by atoms with Gasteiger partial charge in [0.1, 0.15) is 0 Å². The van der Waals surface area contributed by atoms with Gasteiger partial charge in [-0.05, 0) is 60.8 Å². The first kappa shape index (κ1) is 11.8. The van der Waals surface area contributed by atoms with Gasteiger partial charge in [-0.15, -0.1) is 0 Å². The van der Waals surface area contributed by atoms with Crippen LogP contribution in [0, 0.1) is 5.92 Å². The highest BCUT2D eigenvalue weighted by Gasteiger charge is 2.25. The van der Waals surface area contributed by atoms with E-state index in [0.717, 1.165) is 12.8 Å². The molecule has 0 spiro atoms. The minimum absolute atomic E-state index is 0.0549. The van der Waals surface area contributed by atoms with Gasteiger partial charge in [-0.1, -0.05) is 19.9 Å². The highest BCUT2D eigenvalue weighted by Crippen LogP contribution is 2.38. The minimum atomic E-state index is 0.0549. The molecular weight excluding hydrogens is 222 g/mol. The van der Waals surface area contributed by atoms with E-state index in [1.165, 1.54) is 53.6 Å². The van der Waals surface area contributed by atoms with Gasteiger partial charge in [0.2, 0.25) is 5.91 Å². The molecule has 0 saturated carbocycles. The molecule has 0 unspecified atom stereocenters. The fourth-order valence-electron chi connectivity index (χ4n) is 3.23. The van der Waals surface area contributed by atoms with Crippen LogP contribution in [0.5, 0.6) is 0 Å². The Morgan fingerprint density at radius 2 is 1.61 bits per heavy atom. The maximum absolute atomic E-state index is 12.0. The molecule has 0 radical (unpaired) electrons. The zero-order chi connectivity index (χ0) is 12.7. The van der Waals surface area contributed by atoms with E-state index in [0.29, 0.717) is 0 Å². The van der Waals surface area contributed by atoms with Crippen molar-refractivity contribution in [3.8, 4) is 0 Å². The Balaban J connectivity index is 2.04. The Bertz CT molecular complexity index is 470. The second-order valence-corrected chi connectivity index (χ2v) is 5.88. The maximum atomic E-state index is 12.0. The van der Waals surface area contributed by atoms with E-state index in [4.69, 9.17) is 0 Å². The van der Waals surface area contributed by atoms with E-state index < -0.39 is 0 Å². The van der Waals surface area contributed by atoms with Gasteiger partial charge < -0.3 is 5.32 Å². The van der Waals surface area contributed by atoms with Crippen LogP contribution >= 0.6 is 0 Å². The van der Waals surface area contributed by atoms with Crippen molar-refractivity contribution in [3.63, 3.8) is 0 Å². The van der Waals surface area contributed by atoms with Crippen LogP contribution in [-0.4, -0.2) is 5.91 Å². The zero-order valence-corrected chi connectivity index (χ0v) is 11.3. The van der Waals surface area contributed by atoms with Gasteiger partial charge >= 0.3 is 0 Å². The van der Waals surface area contributed by atoms with Crippen molar-refractivity contribution in [2.75, 3.05) is 5.32 Å². The molecule has 0 aromatic heterocycles. The normalized spacial score (nSPS) is 16.8. The number of nitrogens with one attached hydrogen (secondary N) is 1. The van der Waals surface area contributed by atoms with Crippen LogP contribution in [0.4, 0.5) is 5.69 Å². The molecule has 0 bridgehead atoms. The third-order valence-electron chi connectivity index (χ3n) is 4.25. The van der Waals surface area contributed by atoms with Crippen LogP contribution in [0.3, 0.4) is 0 Å². The first-order chi connectivity index (χ1) is 8.66. The third kappa shape index (κ3) is 1.84. The first-order valence-electron chi connectivity index (χ1n) is 7.14. The molecule has 2 aliphatic carbocycles. The summed E-state index contributed by atoms with van der Waals surface area (Å²) in [4.78, 5) is 12.0. The Kier molecular flexibility index (Phi) is 2.89. The molecule has 2 heteroatoms. The monoisotopic (exact) mass is 243 g/mol. The third-order valence-corrected chi connectivity index (χ3v) is 4.25. The summed E-state index contributed by atoms with van der Waals surface area (Å²) < 4.78 is 0. The summed E-state index contributed by atoms with van der Waals surface area (Å²) in [6.07, 6.45) is 7.12. The van der Waals surface area contributed by atoms with E-state index in [9.17, 15) is 4.79 Å². The SMILES string of the molecule is CC(C)C(=O)Nc1c2c(cc3c1CCC3)CCC2. The predicted molar refractivity (Wildman–Crippen MR) is 74.0 cm³/mol. The summed E-state index contributed by atoms with van der Waals surface area (Å²) in [5, 5.41) is 3.20. The average Bonchev–Trinajstić information content (AvgIpc) is 2.95. The molecule has 1 amide bonds. The quantitative estimate of drug-likeness (QED) is 0.848. The van der Waals surface area contributed by atoms with Crippen LogP contribution in [0.15, 0.2) is 6.07 Å². The number of hydrogen-bond donors (Lipinski definition) is 1. The second-order valence-electron chi connectivity index (χ2n) is 5.88. The molecular formula is C16H21NO. The highest BCUT2D eigenvalue weighted by molar-refractivity contribution is 5.94. The van der Waals surface area contributed by atoms with Gasteiger partial charge in [-0.25, -0.2) is 0 Å². The van der Waals surface area contributed by atoms with Crippen LogP contribution in [0.1, 0.15) is 48.9 Å². The van der Waals surface area contributed by atoms with Gasteiger partial charge in [0.25, 0.3) is 0 Å². The molecule has 1 aromatic carbocycles. The molecule has 0 aliphatic heterocycles. The lowest BCUT2D eigenvalue weighted by atomic mass is 9.98. The second kappa shape index (κ2) is 4.42. The number of carbonyl (C=O) groups is 1. The van der Waals surface area contributed by atoms with Crippen molar-refractivity contribution >= 4 is 11.6 Å². The van der Waals surface area contributed by atoms with Crippen molar-refractivity contribution in [2.45, 2.75) is 52.4 Å². The van der Waals surface area contributed by atoms with E-state index >= 15 is 0 Å². The molecule has 3 rings (SSSR count). The smallest absolute Gasteiger partial charge is 0.226 e. The van der Waals surface area contributed by atoms with E-state index in [1.807, 2.05) is 13.8 Å². The van der Waals surface area contributed by atoms with Crippen molar-refractivity contribution in [2.24, 2.45) is 5.92 Å². The lowest BCUT2D eigenvalue weighted by Gasteiger charge is -2.17. The number of benzene rings is 1. The van der Waals surface area contributed by atoms with Gasteiger partial charge in [-0.2, -0.15) is 0 Å². The lowest BCUT2D eigenvalue weighted by Crippen LogP contribution is -2.20. The summed E-state index contributed by atoms with van der Waals surface area (Å²) in [6, 6.07) is 2.40. The number of anilines is 1. The fourth-order valence-corrected chi connectivity index (χ4v) is 3.23. The Morgan fingerprint density at radius 1 is 1.06 bits per heavy atom. The average molecular weight is 243 g/mol. The van der Waals surface area contributed by atoms with Gasteiger partial charge in [-0.3, -0.25) is 4.79 Å².